The van der Waals surface area contributed by atoms with E-state index >= 15 is 0 Å². The summed E-state index contributed by atoms with van der Waals surface area (Å²) < 4.78 is 2.27. The molecule has 0 radical (unpaired) electrons. The Labute approximate surface area is 122 Å². The van der Waals surface area contributed by atoms with E-state index in [1.165, 1.54) is 5.75 Å². The molecule has 1 saturated heterocycles. The van der Waals surface area contributed by atoms with E-state index in [0.29, 0.717) is 17.5 Å². The number of thioether (sulfide) groups is 1. The molecule has 0 aliphatic carbocycles. The summed E-state index contributed by atoms with van der Waals surface area (Å²) in [6.45, 7) is 4.27. The molecule has 0 bridgehead atoms. The summed E-state index contributed by atoms with van der Waals surface area (Å²) in [4.78, 5) is 15.9. The average molecular weight is 290 g/mol. The van der Waals surface area contributed by atoms with Crippen LogP contribution in [0.1, 0.15) is 48.4 Å². The van der Waals surface area contributed by atoms with Crippen LogP contribution in [0.15, 0.2) is 18.2 Å². The number of rotatable bonds is 3. The van der Waals surface area contributed by atoms with Gasteiger partial charge in [-0.25, -0.2) is 9.78 Å². The molecule has 5 heteroatoms. The Hall–Kier alpha value is -1.49. The molecule has 0 spiro atoms. The number of carbonyl (C=O) groups is 1. The molecular formula is C15H18N2O2S. The van der Waals surface area contributed by atoms with E-state index in [4.69, 9.17) is 4.98 Å². The van der Waals surface area contributed by atoms with Crippen molar-refractivity contribution in [3.05, 3.63) is 29.6 Å². The van der Waals surface area contributed by atoms with Gasteiger partial charge >= 0.3 is 5.97 Å². The fourth-order valence-corrected chi connectivity index (χ4v) is 3.95. The van der Waals surface area contributed by atoms with Crippen molar-refractivity contribution in [2.75, 3.05) is 11.5 Å². The number of nitrogens with zero attached hydrogens (tertiary/aromatic N) is 2. The van der Waals surface area contributed by atoms with Gasteiger partial charge in [-0.15, -0.1) is 0 Å². The quantitative estimate of drug-likeness (QED) is 0.939. The van der Waals surface area contributed by atoms with Crippen LogP contribution in [0.5, 0.6) is 0 Å². The Morgan fingerprint density at radius 1 is 1.50 bits per heavy atom. The van der Waals surface area contributed by atoms with Gasteiger partial charge in [0.25, 0.3) is 0 Å². The van der Waals surface area contributed by atoms with Crippen LogP contribution in [-0.4, -0.2) is 32.1 Å². The molecule has 1 aliphatic heterocycles. The summed E-state index contributed by atoms with van der Waals surface area (Å²) in [5, 5.41) is 9.18. The third-order valence-corrected chi connectivity index (χ3v) is 4.90. The average Bonchev–Trinajstić information content (AvgIpc) is 3.03. The molecular weight excluding hydrogens is 272 g/mol. The van der Waals surface area contributed by atoms with Crippen LogP contribution in [0.3, 0.4) is 0 Å². The first-order chi connectivity index (χ1) is 9.58. The summed E-state index contributed by atoms with van der Waals surface area (Å²) in [6, 6.07) is 5.66. The first kappa shape index (κ1) is 13.5. The van der Waals surface area contributed by atoms with Crippen LogP contribution in [0.25, 0.3) is 11.0 Å². The lowest BCUT2D eigenvalue weighted by atomic mass is 10.1. The predicted molar refractivity (Wildman–Crippen MR) is 81.8 cm³/mol. The summed E-state index contributed by atoms with van der Waals surface area (Å²) in [5.74, 6) is 2.77. The van der Waals surface area contributed by atoms with Gasteiger partial charge in [0.1, 0.15) is 5.82 Å². The Bertz CT molecular complexity index is 657. The molecule has 20 heavy (non-hydrogen) atoms. The van der Waals surface area contributed by atoms with Crippen molar-refractivity contribution in [2.24, 2.45) is 0 Å². The second-order valence-electron chi connectivity index (χ2n) is 5.52. The smallest absolute Gasteiger partial charge is 0.335 e. The number of carboxylic acid groups (broad SMARTS) is 1. The van der Waals surface area contributed by atoms with E-state index in [0.717, 1.165) is 29.0 Å². The third-order valence-electron chi connectivity index (χ3n) is 3.75. The summed E-state index contributed by atoms with van der Waals surface area (Å²) >= 11 is 1.95. The number of carboxylic acids is 1. The van der Waals surface area contributed by atoms with Gasteiger partial charge in [-0.1, -0.05) is 13.8 Å². The summed E-state index contributed by atoms with van der Waals surface area (Å²) in [6.07, 6.45) is 1.13. The molecule has 1 aromatic heterocycles. The predicted octanol–water partition coefficient (Wildman–Crippen LogP) is 3.54. The molecule has 0 amide bonds. The van der Waals surface area contributed by atoms with Crippen molar-refractivity contribution >= 4 is 28.8 Å². The first-order valence-corrected chi connectivity index (χ1v) is 8.06. The second kappa shape index (κ2) is 5.13. The zero-order valence-corrected chi connectivity index (χ0v) is 12.5. The second-order valence-corrected chi connectivity index (χ2v) is 6.67. The van der Waals surface area contributed by atoms with Crippen LogP contribution in [0.4, 0.5) is 0 Å². The highest BCUT2D eigenvalue weighted by molar-refractivity contribution is 7.99. The van der Waals surface area contributed by atoms with E-state index in [-0.39, 0.29) is 0 Å². The fraction of sp³-hybridized carbons (Fsp3) is 0.467. The molecule has 1 aromatic carbocycles. The van der Waals surface area contributed by atoms with Gasteiger partial charge in [-0.05, 0) is 30.4 Å². The molecule has 3 rings (SSSR count). The zero-order valence-electron chi connectivity index (χ0n) is 11.7. The van der Waals surface area contributed by atoms with Crippen LogP contribution in [0, 0.1) is 0 Å². The van der Waals surface area contributed by atoms with Crippen LogP contribution >= 0.6 is 11.8 Å². The van der Waals surface area contributed by atoms with Gasteiger partial charge in [-0.2, -0.15) is 11.8 Å². The van der Waals surface area contributed by atoms with Crippen LogP contribution in [0.2, 0.25) is 0 Å². The van der Waals surface area contributed by atoms with Crippen LogP contribution in [-0.2, 0) is 0 Å². The number of imidazole rings is 1. The van der Waals surface area contributed by atoms with E-state index in [1.54, 1.807) is 12.1 Å². The molecule has 1 aliphatic rings. The number of fused-ring (bicyclic) bond motifs is 1. The zero-order chi connectivity index (χ0) is 14.3. The minimum atomic E-state index is -0.883. The van der Waals surface area contributed by atoms with E-state index in [2.05, 4.69) is 18.4 Å². The largest absolute Gasteiger partial charge is 0.478 e. The molecule has 106 valence electrons. The number of hydrogen-bond acceptors (Lipinski definition) is 3. The topological polar surface area (TPSA) is 55.1 Å². The Kier molecular flexibility index (Phi) is 3.46. The van der Waals surface area contributed by atoms with Crippen molar-refractivity contribution in [3.8, 4) is 0 Å². The van der Waals surface area contributed by atoms with E-state index in [9.17, 15) is 9.90 Å². The molecule has 4 nitrogen and oxygen atoms in total. The Balaban J connectivity index is 2.22. The molecule has 1 fully saturated rings. The number of hydrogen-bond donors (Lipinski definition) is 1. The lowest BCUT2D eigenvalue weighted by Gasteiger charge is -2.17. The number of benzene rings is 1. The minimum Gasteiger partial charge on any atom is -0.478 e. The molecule has 1 N–H and O–H groups in total. The molecule has 1 atom stereocenters. The minimum absolute atomic E-state index is 0.333. The first-order valence-electron chi connectivity index (χ1n) is 6.91. The van der Waals surface area contributed by atoms with Gasteiger partial charge < -0.3 is 9.67 Å². The van der Waals surface area contributed by atoms with Gasteiger partial charge in [0, 0.05) is 17.7 Å². The lowest BCUT2D eigenvalue weighted by Crippen LogP contribution is -2.13. The van der Waals surface area contributed by atoms with Crippen molar-refractivity contribution in [2.45, 2.75) is 32.2 Å². The summed E-state index contributed by atoms with van der Waals surface area (Å²) in [7, 11) is 0. The Morgan fingerprint density at radius 2 is 2.30 bits per heavy atom. The number of aromatic carboxylic acids is 1. The van der Waals surface area contributed by atoms with Gasteiger partial charge in [-0.3, -0.25) is 0 Å². The standard InChI is InChI=1S/C15H18N2O2S/c1-9(2)14-16-12-4-3-10(15(18)19)7-13(12)17(14)11-5-6-20-8-11/h3-4,7,9,11H,5-6,8H2,1-2H3,(H,18,19). The fourth-order valence-electron chi connectivity index (χ4n) is 2.76. The third kappa shape index (κ3) is 2.20. The maximum absolute atomic E-state index is 11.2. The highest BCUT2D eigenvalue weighted by Gasteiger charge is 2.24. The van der Waals surface area contributed by atoms with Gasteiger partial charge in [0.2, 0.25) is 0 Å². The molecule has 0 saturated carbocycles. The highest BCUT2D eigenvalue weighted by atomic mass is 32.2. The normalized spacial score (nSPS) is 19.1. The highest BCUT2D eigenvalue weighted by Crippen LogP contribution is 2.34. The van der Waals surface area contributed by atoms with Crippen molar-refractivity contribution in [3.63, 3.8) is 0 Å². The Morgan fingerprint density at radius 3 is 2.90 bits per heavy atom. The lowest BCUT2D eigenvalue weighted by molar-refractivity contribution is 0.0697. The maximum Gasteiger partial charge on any atom is 0.335 e. The van der Waals surface area contributed by atoms with Crippen molar-refractivity contribution in [1.29, 1.82) is 0 Å². The monoisotopic (exact) mass is 290 g/mol. The van der Waals surface area contributed by atoms with Crippen molar-refractivity contribution < 1.29 is 9.90 Å². The molecule has 1 unspecified atom stereocenters. The summed E-state index contributed by atoms with van der Waals surface area (Å²) in [5.41, 5.74) is 2.19. The van der Waals surface area contributed by atoms with Crippen LogP contribution < -0.4 is 0 Å². The van der Waals surface area contributed by atoms with Crippen molar-refractivity contribution in [1.82, 2.24) is 9.55 Å². The maximum atomic E-state index is 11.2. The van der Waals surface area contributed by atoms with Gasteiger partial charge in [0.15, 0.2) is 0 Å². The molecule has 2 aromatic rings. The molecule has 2 heterocycles. The van der Waals surface area contributed by atoms with E-state index in [1.807, 2.05) is 17.8 Å². The SMILES string of the molecule is CC(C)c1nc2ccc(C(=O)O)cc2n1C1CCSC1. The van der Waals surface area contributed by atoms with E-state index < -0.39 is 5.97 Å². The van der Waals surface area contributed by atoms with Gasteiger partial charge in [0.05, 0.1) is 16.6 Å². The number of aromatic nitrogens is 2.